The maximum Gasteiger partial charge on any atom is 0.424 e. The third kappa shape index (κ3) is 11.6. The largest absolute Gasteiger partial charge is 0.493 e. The van der Waals surface area contributed by atoms with E-state index in [9.17, 15) is 22.8 Å². The summed E-state index contributed by atoms with van der Waals surface area (Å²) in [6.45, 7) is 6.51. The highest BCUT2D eigenvalue weighted by atomic mass is 32.2. The Kier molecular flexibility index (Phi) is 18.1. The molecule has 6 aromatic carbocycles. The molecule has 0 fully saturated rings. The van der Waals surface area contributed by atoms with Crippen LogP contribution in [0.2, 0.25) is 0 Å². The molecule has 0 unspecified atom stereocenters. The summed E-state index contributed by atoms with van der Waals surface area (Å²) in [5, 5.41) is 11.9. The van der Waals surface area contributed by atoms with Crippen molar-refractivity contribution in [1.29, 1.82) is 0 Å². The van der Waals surface area contributed by atoms with Gasteiger partial charge in [0.1, 0.15) is 0 Å². The number of carbonyl (C=O) groups excluding carboxylic acids is 3. The van der Waals surface area contributed by atoms with Gasteiger partial charge in [-0.05, 0) is 69.3 Å². The van der Waals surface area contributed by atoms with E-state index in [0.717, 1.165) is 34.5 Å². The Morgan fingerprint density at radius 1 is 0.513 bits per heavy atom. The number of amides is 3. The van der Waals surface area contributed by atoms with Crippen molar-refractivity contribution in [1.82, 2.24) is 35.7 Å². The molecule has 3 aromatic heterocycles. The molecule has 22 heteroatoms. The molecule has 9 rings (SSSR count). The van der Waals surface area contributed by atoms with Crippen LogP contribution in [0.1, 0.15) is 41.5 Å². The van der Waals surface area contributed by atoms with E-state index in [4.69, 9.17) is 37.8 Å². The van der Waals surface area contributed by atoms with Gasteiger partial charge in [-0.1, -0.05) is 72.8 Å². The van der Waals surface area contributed by atoms with Crippen molar-refractivity contribution < 1.29 is 64.3 Å². The summed E-state index contributed by atoms with van der Waals surface area (Å²) in [6, 6.07) is 37.1. The molecule has 0 aliphatic carbocycles. The molecule has 0 radical (unpaired) electrons. The van der Waals surface area contributed by atoms with Crippen LogP contribution in [0.3, 0.4) is 0 Å². The Morgan fingerprint density at radius 2 is 0.897 bits per heavy atom. The van der Waals surface area contributed by atoms with Gasteiger partial charge in [0.2, 0.25) is 23.3 Å². The topological polar surface area (TPSA) is 251 Å². The molecule has 0 atom stereocenters. The van der Waals surface area contributed by atoms with Crippen LogP contribution in [0.15, 0.2) is 126 Å². The van der Waals surface area contributed by atoms with Gasteiger partial charge in [0, 0.05) is 32.7 Å². The lowest BCUT2D eigenvalue weighted by Crippen LogP contribution is -2.58. The highest BCUT2D eigenvalue weighted by Gasteiger charge is 2.39. The molecule has 406 valence electrons. The zero-order valence-electron chi connectivity index (χ0n) is 44.6. The fraction of sp³-hybridized carbons (Fsp3) is 0.232. The molecule has 9 aromatic rings. The number of benzene rings is 6. The number of fused-ring (bicyclic) bond motifs is 4. The minimum absolute atomic E-state index is 0.178. The molecule has 0 bridgehead atoms. The van der Waals surface area contributed by atoms with Crippen molar-refractivity contribution in [2.45, 2.75) is 20.8 Å². The molecule has 0 aliphatic heterocycles. The van der Waals surface area contributed by atoms with Crippen molar-refractivity contribution in [2.75, 3.05) is 69.4 Å². The maximum atomic E-state index is 13.1. The number of carbonyl (C=O) groups is 3. The number of para-hydroxylation sites is 4. The first-order valence-corrected chi connectivity index (χ1v) is 25.7. The monoisotopic (exact) mass is 1080 g/mol. The smallest absolute Gasteiger partial charge is 0.424 e. The Labute approximate surface area is 450 Å². The second-order valence-corrected chi connectivity index (χ2v) is 18.7. The van der Waals surface area contributed by atoms with Crippen molar-refractivity contribution in [2.24, 2.45) is 0 Å². The van der Waals surface area contributed by atoms with Gasteiger partial charge in [-0.3, -0.25) is 20.4 Å². The van der Waals surface area contributed by atoms with Gasteiger partial charge in [-0.2, -0.15) is 13.1 Å². The lowest BCUT2D eigenvalue weighted by atomic mass is 10.0. The van der Waals surface area contributed by atoms with Crippen molar-refractivity contribution >= 4 is 71.7 Å². The molecular weight excluding hydrogens is 1020 g/mol. The average Bonchev–Trinajstić information content (AvgIpc) is 4.01. The number of hydrogen-bond donors (Lipinski definition) is 3. The molecule has 0 saturated carbocycles. The predicted octanol–water partition coefficient (Wildman–Crippen LogP) is 9.08. The lowest BCUT2D eigenvalue weighted by molar-refractivity contribution is -0.801. The van der Waals surface area contributed by atoms with E-state index in [-0.39, 0.29) is 9.45 Å². The van der Waals surface area contributed by atoms with Gasteiger partial charge in [-0.25, -0.2) is 18.7 Å². The lowest BCUT2D eigenvalue weighted by Gasteiger charge is -2.32. The van der Waals surface area contributed by atoms with Gasteiger partial charge >= 0.3 is 16.3 Å². The fourth-order valence-corrected chi connectivity index (χ4v) is 10.2. The average molecular weight is 1080 g/mol. The van der Waals surface area contributed by atoms with Gasteiger partial charge in [-0.15, -0.1) is 10.2 Å². The molecular formula is C56H59N8O13S+. The van der Waals surface area contributed by atoms with Crippen LogP contribution in [-0.4, -0.2) is 120 Å². The summed E-state index contributed by atoms with van der Waals surface area (Å²) in [7, 11) is 6.48. The standard InChI is InChI=1S/C24H21N3O5.C24H19N3O4.C8H18N2O4S/c1-30-19-12-14(13-20(31-2)22(19)32-3)23(28)26-27-24(29)21-15-8-4-6-10-17(15)25-18-11-7-5-9-16(18)21;1-28-19-12-14(13-20(29-2)22(19)30-3)23-26-27-24(31-23)21-15-8-4-6-10-17(15)25-18-11-7-5-9-16(18)21;1-5-10(6-2,7-3)15(12,13)9-8(11)14-4/h4-13H,1-3H3,(H,26,28)(H,27,29);4-13H,1-3H3;5-7H2,1-4H3/p+1. The van der Waals surface area contributed by atoms with Crippen molar-refractivity contribution in [3.8, 4) is 57.4 Å². The zero-order valence-corrected chi connectivity index (χ0v) is 45.4. The molecule has 3 N–H and O–H groups in total. The highest BCUT2D eigenvalue weighted by Crippen LogP contribution is 2.42. The van der Waals surface area contributed by atoms with Crippen LogP contribution in [0.4, 0.5) is 4.79 Å². The number of methoxy groups -OCH3 is 7. The van der Waals surface area contributed by atoms with Crippen molar-refractivity contribution in [3.63, 3.8) is 0 Å². The number of aromatic nitrogens is 4. The van der Waals surface area contributed by atoms with E-state index >= 15 is 0 Å². The summed E-state index contributed by atoms with van der Waals surface area (Å²) in [5.74, 6) is 2.31. The normalized spacial score (nSPS) is 11.1. The Morgan fingerprint density at radius 3 is 1.31 bits per heavy atom. The minimum atomic E-state index is -3.73. The van der Waals surface area contributed by atoms with Crippen LogP contribution >= 0.6 is 0 Å². The second kappa shape index (κ2) is 25.0. The van der Waals surface area contributed by atoms with Gasteiger partial charge in [0.25, 0.3) is 11.8 Å². The van der Waals surface area contributed by atoms with Gasteiger partial charge < -0.3 is 37.6 Å². The van der Waals surface area contributed by atoms with E-state index < -0.39 is 28.1 Å². The second-order valence-electron chi connectivity index (χ2n) is 16.8. The quantitative estimate of drug-likeness (QED) is 0.0492. The number of hydrogen-bond acceptors (Lipinski definition) is 17. The van der Waals surface area contributed by atoms with E-state index in [0.29, 0.717) is 98.8 Å². The van der Waals surface area contributed by atoms with Crippen LogP contribution in [0.5, 0.6) is 34.5 Å². The molecule has 21 nitrogen and oxygen atoms in total. The number of ether oxygens (including phenoxy) is 7. The summed E-state index contributed by atoms with van der Waals surface area (Å²) in [6.07, 6.45) is -0.951. The van der Waals surface area contributed by atoms with Crippen molar-refractivity contribution in [3.05, 3.63) is 132 Å². The summed E-state index contributed by atoms with van der Waals surface area (Å²) >= 11 is 0. The number of pyridine rings is 2. The summed E-state index contributed by atoms with van der Waals surface area (Å²) in [5.41, 5.74) is 10.2. The SMILES string of the molecule is CC[N+](CC)(CC)S(=O)(=O)NC(=O)OC.COc1cc(-c2nnc(-c3c4ccccc4nc4ccccc34)o2)cc(OC)c1OC.COc1cc(C(=O)NNC(=O)c2c3ccccc3nc3ccccc23)cc(OC)c1OC. The summed E-state index contributed by atoms with van der Waals surface area (Å²) < 4.78 is 68.0. The Hall–Kier alpha value is -9.28. The first-order chi connectivity index (χ1) is 37.7. The van der Waals surface area contributed by atoms with Crippen LogP contribution in [0, 0.1) is 0 Å². The number of nitrogens with one attached hydrogen (secondary N) is 3. The van der Waals surface area contributed by atoms with Crippen LogP contribution in [-0.2, 0) is 14.9 Å². The van der Waals surface area contributed by atoms with E-state index in [1.807, 2.05) is 102 Å². The summed E-state index contributed by atoms with van der Waals surface area (Å²) in [4.78, 5) is 46.2. The molecule has 3 heterocycles. The minimum Gasteiger partial charge on any atom is -0.493 e. The maximum absolute atomic E-state index is 13.1. The molecule has 78 heavy (non-hydrogen) atoms. The zero-order chi connectivity index (χ0) is 56.1. The molecule has 0 saturated heterocycles. The third-order valence-electron chi connectivity index (χ3n) is 12.8. The van der Waals surface area contributed by atoms with E-state index in [2.05, 4.69) is 30.8 Å². The van der Waals surface area contributed by atoms with Gasteiger partial charge in [0.05, 0.1) is 103 Å². The highest BCUT2D eigenvalue weighted by molar-refractivity contribution is 7.84. The van der Waals surface area contributed by atoms with Crippen LogP contribution in [0.25, 0.3) is 66.5 Å². The van der Waals surface area contributed by atoms with E-state index in [1.54, 1.807) is 54.2 Å². The number of quaternary nitrogens is 1. The van der Waals surface area contributed by atoms with Crippen LogP contribution < -0.4 is 44.0 Å². The molecule has 3 amide bonds. The predicted molar refractivity (Wildman–Crippen MR) is 294 cm³/mol. The van der Waals surface area contributed by atoms with Gasteiger partial charge in [0.15, 0.2) is 23.0 Å². The third-order valence-corrected chi connectivity index (χ3v) is 15.0. The molecule has 0 spiro atoms. The van der Waals surface area contributed by atoms with E-state index in [1.165, 1.54) is 33.5 Å². The Bertz CT molecular complexity index is 3590. The molecule has 0 aliphatic rings. The first-order valence-electron chi connectivity index (χ1n) is 24.3. The number of rotatable bonds is 15. The number of nitrogens with zero attached hydrogens (tertiary/aromatic N) is 5. The Balaban J connectivity index is 0.000000181. The number of hydrazine groups is 1. The first kappa shape index (κ1) is 56.4. The fourth-order valence-electron chi connectivity index (χ4n) is 8.69.